The van der Waals surface area contributed by atoms with E-state index in [0.29, 0.717) is 29.7 Å². The van der Waals surface area contributed by atoms with E-state index in [1.54, 1.807) is 16.4 Å². The predicted octanol–water partition coefficient (Wildman–Crippen LogP) is 3.84. The molecule has 0 saturated heterocycles. The van der Waals surface area contributed by atoms with Crippen LogP contribution in [0.3, 0.4) is 0 Å². The molecule has 11 nitrogen and oxygen atoms in total. The number of aryl methyl sites for hydroxylation is 1. The lowest BCUT2D eigenvalue weighted by Gasteiger charge is -2.35. The average Bonchev–Trinajstić information content (AvgIpc) is 3.23. The van der Waals surface area contributed by atoms with E-state index in [4.69, 9.17) is 14.2 Å². The lowest BCUT2D eigenvalue weighted by atomic mass is 10.1. The van der Waals surface area contributed by atoms with E-state index in [1.807, 2.05) is 58.0 Å². The van der Waals surface area contributed by atoms with Gasteiger partial charge in [0.05, 0.1) is 18.3 Å². The fourth-order valence-electron chi connectivity index (χ4n) is 4.58. The van der Waals surface area contributed by atoms with E-state index in [9.17, 15) is 19.5 Å². The number of ether oxygens (including phenoxy) is 1. The van der Waals surface area contributed by atoms with Crippen LogP contribution in [0.5, 0.6) is 0 Å². The van der Waals surface area contributed by atoms with Crippen LogP contribution in [0.2, 0.25) is 0 Å². The lowest BCUT2D eigenvalue weighted by Crippen LogP contribution is -2.47. The van der Waals surface area contributed by atoms with Crippen molar-refractivity contribution in [3.63, 3.8) is 0 Å². The van der Waals surface area contributed by atoms with Gasteiger partial charge in [0.1, 0.15) is 17.8 Å². The molecule has 0 bridgehead atoms. The van der Waals surface area contributed by atoms with E-state index in [0.717, 1.165) is 5.56 Å². The van der Waals surface area contributed by atoms with Gasteiger partial charge < -0.3 is 24.2 Å². The van der Waals surface area contributed by atoms with Crippen LogP contribution in [0.4, 0.5) is 4.79 Å². The van der Waals surface area contributed by atoms with Crippen molar-refractivity contribution in [2.24, 2.45) is 0 Å². The van der Waals surface area contributed by atoms with Gasteiger partial charge in [0.2, 0.25) is 5.91 Å². The van der Waals surface area contributed by atoms with Crippen molar-refractivity contribution in [1.29, 1.82) is 0 Å². The number of hydrogen-bond acceptors (Lipinski definition) is 7. The highest BCUT2D eigenvalue weighted by molar-refractivity contribution is 5.78. The number of carboxylic acid groups (broad SMARTS) is 1. The van der Waals surface area contributed by atoms with Crippen LogP contribution in [-0.4, -0.2) is 74.0 Å². The summed E-state index contributed by atoms with van der Waals surface area (Å²) in [5, 5.41) is 13.9. The largest absolute Gasteiger partial charge is 0.465 e. The summed E-state index contributed by atoms with van der Waals surface area (Å²) in [6, 6.07) is 8.94. The molecule has 0 fully saturated rings. The highest BCUT2D eigenvalue weighted by Gasteiger charge is 2.31. The number of rotatable bonds is 11. The van der Waals surface area contributed by atoms with Gasteiger partial charge in [-0.15, -0.1) is 0 Å². The van der Waals surface area contributed by atoms with Crippen LogP contribution in [0, 0.1) is 6.92 Å². The molecule has 1 N–H and O–H groups in total. The summed E-state index contributed by atoms with van der Waals surface area (Å²) in [7, 11) is 1.44. The number of methoxy groups -OCH3 is 1. The van der Waals surface area contributed by atoms with Gasteiger partial charge >= 0.3 is 6.09 Å². The molecule has 11 heteroatoms. The van der Waals surface area contributed by atoms with Crippen molar-refractivity contribution in [2.75, 3.05) is 26.8 Å². The van der Waals surface area contributed by atoms with Crippen LogP contribution in [0.1, 0.15) is 63.7 Å². The maximum absolute atomic E-state index is 13.7. The van der Waals surface area contributed by atoms with Gasteiger partial charge in [0.25, 0.3) is 11.3 Å². The summed E-state index contributed by atoms with van der Waals surface area (Å²) in [4.78, 5) is 46.4. The molecule has 2 amide bonds. The summed E-state index contributed by atoms with van der Waals surface area (Å²) < 4.78 is 12.1. The van der Waals surface area contributed by atoms with Gasteiger partial charge in [0, 0.05) is 25.7 Å². The Kier molecular flexibility index (Phi) is 9.26. The smallest absolute Gasteiger partial charge is 0.407 e. The average molecular weight is 528 g/mol. The number of carbonyl (C=O) groups excluding carboxylic acids is 1. The van der Waals surface area contributed by atoms with Crippen LogP contribution in [-0.2, 0) is 16.1 Å². The van der Waals surface area contributed by atoms with Crippen molar-refractivity contribution >= 4 is 23.1 Å². The fourth-order valence-corrected chi connectivity index (χ4v) is 4.58. The van der Waals surface area contributed by atoms with Crippen molar-refractivity contribution in [2.45, 2.75) is 65.6 Å². The van der Waals surface area contributed by atoms with Gasteiger partial charge in [-0.25, -0.2) is 4.79 Å². The first kappa shape index (κ1) is 28.8. The number of fused-ring (bicyclic) bond motifs is 1. The Labute approximate surface area is 222 Å². The summed E-state index contributed by atoms with van der Waals surface area (Å²) in [5.74, 6) is 0.0895. The molecular formula is C27H37N5O6. The van der Waals surface area contributed by atoms with Crippen molar-refractivity contribution in [3.05, 3.63) is 57.8 Å². The molecule has 0 aliphatic rings. The van der Waals surface area contributed by atoms with Crippen LogP contribution in [0.15, 0.2) is 39.6 Å². The van der Waals surface area contributed by atoms with E-state index in [-0.39, 0.29) is 43.4 Å². The highest BCUT2D eigenvalue weighted by atomic mass is 16.5. The molecular weight excluding hydrogens is 490 g/mol. The number of aromatic nitrogens is 3. The SMILES string of the molecule is CCC(c1nc2onc(C)c2c(=O)n1Cc1ccccc1)N(CCCN(C(=O)O)C(C)(C)C)C(=O)COC. The number of nitrogens with zero attached hydrogens (tertiary/aromatic N) is 5. The Morgan fingerprint density at radius 1 is 1.18 bits per heavy atom. The Balaban J connectivity index is 2.06. The first-order valence-corrected chi connectivity index (χ1v) is 12.7. The van der Waals surface area contributed by atoms with Gasteiger partial charge in [-0.3, -0.25) is 14.2 Å². The second kappa shape index (κ2) is 12.2. The Hall–Kier alpha value is -3.73. The minimum Gasteiger partial charge on any atom is -0.465 e. The molecule has 1 atom stereocenters. The van der Waals surface area contributed by atoms with Crippen LogP contribution < -0.4 is 5.56 Å². The second-order valence-electron chi connectivity index (χ2n) is 10.2. The molecule has 0 radical (unpaired) electrons. The third kappa shape index (κ3) is 6.39. The van der Waals surface area contributed by atoms with Gasteiger partial charge in [0.15, 0.2) is 0 Å². The number of amides is 2. The second-order valence-corrected chi connectivity index (χ2v) is 10.2. The molecule has 0 aliphatic carbocycles. The standard InChI is InChI=1S/C27H37N5O6/c1-7-20(30(21(33)17-37-6)14-11-15-32(26(35)36)27(3,4)5)23-28-24-22(18(2)29-38-24)25(34)31(23)16-19-12-9-8-10-13-19/h8-10,12-13,20H,7,11,14-17H2,1-6H3,(H,35,36). The maximum Gasteiger partial charge on any atom is 0.407 e. The zero-order valence-corrected chi connectivity index (χ0v) is 22.9. The quantitative estimate of drug-likeness (QED) is 0.398. The topological polar surface area (TPSA) is 131 Å². The Bertz CT molecular complexity index is 1310. The molecule has 0 aliphatic heterocycles. The Morgan fingerprint density at radius 3 is 2.45 bits per heavy atom. The van der Waals surface area contributed by atoms with Gasteiger partial charge in [-0.05, 0) is 46.1 Å². The predicted molar refractivity (Wildman–Crippen MR) is 142 cm³/mol. The van der Waals surface area contributed by atoms with E-state index in [2.05, 4.69) is 5.16 Å². The van der Waals surface area contributed by atoms with Crippen molar-refractivity contribution in [1.82, 2.24) is 24.5 Å². The molecule has 38 heavy (non-hydrogen) atoms. The molecule has 3 rings (SSSR count). The van der Waals surface area contributed by atoms with E-state index in [1.165, 1.54) is 12.0 Å². The van der Waals surface area contributed by atoms with E-state index < -0.39 is 17.7 Å². The summed E-state index contributed by atoms with van der Waals surface area (Å²) in [6.45, 7) is 9.64. The number of carbonyl (C=O) groups is 2. The number of hydrogen-bond donors (Lipinski definition) is 1. The molecule has 0 spiro atoms. The third-order valence-corrected chi connectivity index (χ3v) is 6.45. The van der Waals surface area contributed by atoms with Crippen molar-refractivity contribution in [3.8, 4) is 0 Å². The molecule has 1 aromatic carbocycles. The van der Waals surface area contributed by atoms with Crippen LogP contribution >= 0.6 is 0 Å². The lowest BCUT2D eigenvalue weighted by molar-refractivity contribution is -0.138. The van der Waals surface area contributed by atoms with Crippen molar-refractivity contribution < 1.29 is 24.0 Å². The first-order chi connectivity index (χ1) is 18.0. The normalized spacial score (nSPS) is 12.5. The summed E-state index contributed by atoms with van der Waals surface area (Å²) in [5.41, 5.74) is 0.578. The maximum atomic E-state index is 13.7. The highest BCUT2D eigenvalue weighted by Crippen LogP contribution is 2.26. The molecule has 1 unspecified atom stereocenters. The zero-order valence-electron chi connectivity index (χ0n) is 22.9. The molecule has 2 heterocycles. The molecule has 206 valence electrons. The minimum atomic E-state index is -1.02. The molecule has 2 aromatic heterocycles. The minimum absolute atomic E-state index is 0.120. The first-order valence-electron chi connectivity index (χ1n) is 12.7. The third-order valence-electron chi connectivity index (χ3n) is 6.45. The summed E-state index contributed by atoms with van der Waals surface area (Å²) >= 11 is 0. The molecule has 3 aromatic rings. The van der Waals surface area contributed by atoms with E-state index >= 15 is 0 Å². The monoisotopic (exact) mass is 527 g/mol. The zero-order chi connectivity index (χ0) is 28.0. The summed E-state index contributed by atoms with van der Waals surface area (Å²) in [6.07, 6.45) is -0.178. The molecule has 0 saturated carbocycles. The Morgan fingerprint density at radius 2 is 1.87 bits per heavy atom. The fraction of sp³-hybridized carbons (Fsp3) is 0.519. The van der Waals surface area contributed by atoms with Gasteiger partial charge in [-0.1, -0.05) is 42.4 Å². The number of benzene rings is 1. The van der Waals surface area contributed by atoms with Crippen LogP contribution in [0.25, 0.3) is 11.1 Å². The van der Waals surface area contributed by atoms with Gasteiger partial charge in [-0.2, -0.15) is 4.98 Å².